The van der Waals surface area contributed by atoms with Gasteiger partial charge >= 0.3 is 0 Å². The number of Topliss-reactive ketones (excluding diaryl/α,β-unsaturated/α-hetero) is 1. The quantitative estimate of drug-likeness (QED) is 0.511. The van der Waals surface area contributed by atoms with Crippen LogP contribution < -0.4 is 33.7 Å². The number of ketones is 1. The largest absolute Gasteiger partial charge is 0.493 e. The minimum Gasteiger partial charge on any atom is -0.493 e. The van der Waals surface area contributed by atoms with Gasteiger partial charge in [-0.05, 0) is 48.0 Å². The maximum absolute atomic E-state index is 12.8. The third-order valence-corrected chi connectivity index (χ3v) is 5.37. The summed E-state index contributed by atoms with van der Waals surface area (Å²) in [6.45, 7) is -0.0700. The molecule has 0 saturated heterocycles. The fourth-order valence-corrected chi connectivity index (χ4v) is 3.67. The molecule has 0 aliphatic carbocycles. The number of ether oxygens (including phenoxy) is 6. The molecule has 9 heteroatoms. The maximum Gasteiger partial charge on any atom is 0.262 e. The van der Waals surface area contributed by atoms with Crippen molar-refractivity contribution in [2.45, 2.75) is 0 Å². The molecule has 0 bridgehead atoms. The Bertz CT molecular complexity index is 1350. The number of hydrogen-bond acceptors (Lipinski definition) is 8. The molecule has 0 spiro atoms. The predicted molar refractivity (Wildman–Crippen MR) is 126 cm³/mol. The molecule has 0 atom stereocenters. The van der Waals surface area contributed by atoms with Gasteiger partial charge in [0.2, 0.25) is 12.6 Å². The number of anilines is 1. The smallest absolute Gasteiger partial charge is 0.262 e. The van der Waals surface area contributed by atoms with Gasteiger partial charge in [0.1, 0.15) is 11.5 Å². The number of carbonyl (C=O) groups is 2. The Labute approximate surface area is 200 Å². The summed E-state index contributed by atoms with van der Waals surface area (Å²) in [5.74, 6) is 2.65. The number of allylic oxidation sites excluding steroid dienone is 1. The number of carbonyl (C=O) groups excluding carboxylic acids is 2. The maximum atomic E-state index is 12.8. The summed E-state index contributed by atoms with van der Waals surface area (Å²) in [5.41, 5.74) is 1.69. The van der Waals surface area contributed by atoms with E-state index in [2.05, 4.69) is 5.32 Å². The predicted octanol–water partition coefficient (Wildman–Crippen LogP) is 4.07. The SMILES string of the molecule is COc1ccc(C=C2Oc3cc(OCC(=O)Nc4ccc5c(c4)OCO5)ccc3C2=O)cc1OC. The van der Waals surface area contributed by atoms with E-state index in [0.717, 1.165) is 5.56 Å². The number of hydrogen-bond donors (Lipinski definition) is 1. The van der Waals surface area contributed by atoms with E-state index in [9.17, 15) is 9.59 Å². The van der Waals surface area contributed by atoms with Crippen molar-refractivity contribution in [3.8, 4) is 34.5 Å². The molecular weight excluding hydrogens is 454 g/mol. The summed E-state index contributed by atoms with van der Waals surface area (Å²) in [5, 5.41) is 2.74. The van der Waals surface area contributed by atoms with E-state index in [1.165, 1.54) is 0 Å². The molecule has 9 nitrogen and oxygen atoms in total. The number of rotatable bonds is 7. The van der Waals surface area contributed by atoms with Crippen LogP contribution in [0.4, 0.5) is 5.69 Å². The first-order valence-electron chi connectivity index (χ1n) is 10.7. The Morgan fingerprint density at radius 3 is 2.60 bits per heavy atom. The van der Waals surface area contributed by atoms with Gasteiger partial charge in [-0.25, -0.2) is 0 Å². The molecule has 0 unspecified atom stereocenters. The van der Waals surface area contributed by atoms with E-state index in [1.807, 2.05) is 0 Å². The van der Waals surface area contributed by atoms with Gasteiger partial charge < -0.3 is 33.7 Å². The van der Waals surface area contributed by atoms with Gasteiger partial charge in [-0.15, -0.1) is 0 Å². The third-order valence-electron chi connectivity index (χ3n) is 5.37. The van der Waals surface area contributed by atoms with E-state index < -0.39 is 0 Å². The highest BCUT2D eigenvalue weighted by Gasteiger charge is 2.28. The van der Waals surface area contributed by atoms with Crippen LogP contribution in [-0.4, -0.2) is 39.3 Å². The molecule has 35 heavy (non-hydrogen) atoms. The molecule has 1 N–H and O–H groups in total. The second-order valence-corrected chi connectivity index (χ2v) is 7.62. The Kier molecular flexibility index (Phi) is 5.88. The average molecular weight is 475 g/mol. The number of benzene rings is 3. The summed E-state index contributed by atoms with van der Waals surface area (Å²) in [6.07, 6.45) is 1.63. The van der Waals surface area contributed by atoms with Crippen LogP contribution in [0.1, 0.15) is 15.9 Å². The molecule has 0 radical (unpaired) electrons. The zero-order valence-corrected chi connectivity index (χ0v) is 19.0. The van der Waals surface area contributed by atoms with Gasteiger partial charge in [0.05, 0.1) is 19.8 Å². The first-order valence-corrected chi connectivity index (χ1v) is 10.7. The van der Waals surface area contributed by atoms with E-state index in [-0.39, 0.29) is 30.8 Å². The number of nitrogens with one attached hydrogen (secondary N) is 1. The van der Waals surface area contributed by atoms with Crippen molar-refractivity contribution in [1.29, 1.82) is 0 Å². The van der Waals surface area contributed by atoms with Crippen molar-refractivity contribution in [1.82, 2.24) is 0 Å². The van der Waals surface area contributed by atoms with E-state index in [4.69, 9.17) is 28.4 Å². The molecule has 5 rings (SSSR count). The molecule has 0 aromatic heterocycles. The second-order valence-electron chi connectivity index (χ2n) is 7.62. The van der Waals surface area contributed by atoms with Gasteiger partial charge in [0, 0.05) is 17.8 Å². The first kappa shape index (κ1) is 22.1. The molecule has 0 saturated carbocycles. The lowest BCUT2D eigenvalue weighted by Gasteiger charge is -2.09. The van der Waals surface area contributed by atoms with Crippen LogP contribution in [0.2, 0.25) is 0 Å². The van der Waals surface area contributed by atoms with Crippen molar-refractivity contribution >= 4 is 23.5 Å². The van der Waals surface area contributed by atoms with Gasteiger partial charge in [-0.1, -0.05) is 6.07 Å². The lowest BCUT2D eigenvalue weighted by molar-refractivity contribution is -0.118. The van der Waals surface area contributed by atoms with Crippen LogP contribution >= 0.6 is 0 Å². The van der Waals surface area contributed by atoms with Crippen molar-refractivity contribution in [3.63, 3.8) is 0 Å². The molecule has 178 valence electrons. The molecule has 0 fully saturated rings. The minimum absolute atomic E-state index is 0.157. The molecule has 3 aromatic carbocycles. The molecule has 2 aliphatic rings. The highest BCUT2D eigenvalue weighted by molar-refractivity contribution is 6.14. The Morgan fingerprint density at radius 1 is 0.943 bits per heavy atom. The molecular formula is C26H21NO8. The second kappa shape index (κ2) is 9.30. The number of fused-ring (bicyclic) bond motifs is 2. The fraction of sp³-hybridized carbons (Fsp3) is 0.154. The van der Waals surface area contributed by atoms with Crippen LogP contribution in [0, 0.1) is 0 Å². The fourth-order valence-electron chi connectivity index (χ4n) is 3.67. The van der Waals surface area contributed by atoms with E-state index >= 15 is 0 Å². The summed E-state index contributed by atoms with van der Waals surface area (Å²) in [4.78, 5) is 25.1. The lowest BCUT2D eigenvalue weighted by atomic mass is 10.1. The average Bonchev–Trinajstić information content (AvgIpc) is 3.46. The zero-order valence-electron chi connectivity index (χ0n) is 19.0. The highest BCUT2D eigenvalue weighted by atomic mass is 16.7. The van der Waals surface area contributed by atoms with Crippen molar-refractivity contribution in [2.75, 3.05) is 32.9 Å². The van der Waals surface area contributed by atoms with Crippen LogP contribution in [-0.2, 0) is 4.79 Å². The molecule has 3 aromatic rings. The van der Waals surface area contributed by atoms with Crippen molar-refractivity contribution < 1.29 is 38.0 Å². The normalized spacial score (nSPS) is 14.3. The van der Waals surface area contributed by atoms with Crippen LogP contribution in [0.5, 0.6) is 34.5 Å². The van der Waals surface area contributed by atoms with Gasteiger partial charge in [-0.3, -0.25) is 9.59 Å². The Hall–Kier alpha value is -4.66. The Morgan fingerprint density at radius 2 is 1.77 bits per heavy atom. The lowest BCUT2D eigenvalue weighted by Crippen LogP contribution is -2.20. The first-order chi connectivity index (χ1) is 17.0. The van der Waals surface area contributed by atoms with Gasteiger partial charge in [-0.2, -0.15) is 0 Å². The van der Waals surface area contributed by atoms with Crippen LogP contribution in [0.25, 0.3) is 6.08 Å². The Balaban J connectivity index is 1.23. The topological polar surface area (TPSA) is 102 Å². The summed E-state index contributed by atoms with van der Waals surface area (Å²) in [7, 11) is 3.09. The molecule has 2 aliphatic heterocycles. The minimum atomic E-state index is -0.351. The molecule has 1 amide bonds. The van der Waals surface area contributed by atoms with Gasteiger partial charge in [0.25, 0.3) is 5.91 Å². The van der Waals surface area contributed by atoms with E-state index in [0.29, 0.717) is 45.7 Å². The summed E-state index contributed by atoms with van der Waals surface area (Å²) < 4.78 is 32.5. The highest BCUT2D eigenvalue weighted by Crippen LogP contribution is 2.36. The zero-order chi connectivity index (χ0) is 24.4. The monoisotopic (exact) mass is 475 g/mol. The van der Waals surface area contributed by atoms with Crippen LogP contribution in [0.3, 0.4) is 0 Å². The van der Waals surface area contributed by atoms with Crippen LogP contribution in [0.15, 0.2) is 60.4 Å². The summed E-state index contributed by atoms with van der Waals surface area (Å²) in [6, 6.07) is 15.2. The number of methoxy groups -OCH3 is 2. The third kappa shape index (κ3) is 4.56. The summed E-state index contributed by atoms with van der Waals surface area (Å²) >= 11 is 0. The standard InChI is InChI=1S/C26H21NO8/c1-30-19-7-3-15(9-22(19)31-2)10-24-26(29)18-6-5-17(12-21(18)35-24)32-13-25(28)27-16-4-8-20-23(11-16)34-14-33-20/h3-12H,13-14H2,1-2H3,(H,27,28). The van der Waals surface area contributed by atoms with Crippen molar-refractivity contribution in [2.24, 2.45) is 0 Å². The number of amides is 1. The van der Waals surface area contributed by atoms with E-state index in [1.54, 1.807) is 74.9 Å². The van der Waals surface area contributed by atoms with Crippen molar-refractivity contribution in [3.05, 3.63) is 71.5 Å². The van der Waals surface area contributed by atoms with Gasteiger partial charge in [0.15, 0.2) is 35.4 Å². The molecule has 2 heterocycles.